The molecular weight excluding hydrogens is 205 g/mol. The van der Waals surface area contributed by atoms with Crippen molar-refractivity contribution in [3.63, 3.8) is 0 Å². The lowest BCUT2D eigenvalue weighted by molar-refractivity contribution is 0.111. The van der Waals surface area contributed by atoms with Crippen molar-refractivity contribution in [2.75, 3.05) is 0 Å². The summed E-state index contributed by atoms with van der Waals surface area (Å²) >= 11 is 5.32. The van der Waals surface area contributed by atoms with Gasteiger partial charge in [0.25, 0.3) is 6.43 Å². The van der Waals surface area contributed by atoms with Gasteiger partial charge in [0, 0.05) is 0 Å². The molecule has 1 rings (SSSR count). The van der Waals surface area contributed by atoms with Gasteiger partial charge in [0.2, 0.25) is 0 Å². The van der Waals surface area contributed by atoms with Crippen LogP contribution in [0.1, 0.15) is 22.3 Å². The normalized spacial score (nSPS) is 10.5. The third-order valence-corrected chi connectivity index (χ3v) is 1.83. The molecule has 0 saturated carbocycles. The number of aldehydes is 1. The van der Waals surface area contributed by atoms with Crippen molar-refractivity contribution in [1.29, 1.82) is 0 Å². The molecule has 1 aromatic carbocycles. The van der Waals surface area contributed by atoms with E-state index < -0.39 is 23.4 Å². The molecule has 0 aromatic heterocycles. The standard InChI is InChI=1S/C8H4ClF3O/c9-5-2-1-4(3-13)7(10)6(5)8(11)12/h1-3,8H. The van der Waals surface area contributed by atoms with E-state index in [0.29, 0.717) is 0 Å². The van der Waals surface area contributed by atoms with E-state index in [1.54, 1.807) is 0 Å². The van der Waals surface area contributed by atoms with Gasteiger partial charge in [-0.1, -0.05) is 11.6 Å². The third-order valence-electron chi connectivity index (χ3n) is 1.50. The Labute approximate surface area is 77.1 Å². The van der Waals surface area contributed by atoms with Crippen molar-refractivity contribution >= 4 is 17.9 Å². The minimum Gasteiger partial charge on any atom is -0.298 e. The lowest BCUT2D eigenvalue weighted by Gasteiger charge is -2.05. The molecule has 0 aliphatic heterocycles. The van der Waals surface area contributed by atoms with Gasteiger partial charge in [0.1, 0.15) is 5.82 Å². The van der Waals surface area contributed by atoms with Gasteiger partial charge in [0.15, 0.2) is 6.29 Å². The fourth-order valence-corrected chi connectivity index (χ4v) is 1.11. The molecule has 0 radical (unpaired) electrons. The average Bonchev–Trinajstić information content (AvgIpc) is 2.04. The van der Waals surface area contributed by atoms with Crippen LogP contribution in [0.3, 0.4) is 0 Å². The summed E-state index contributed by atoms with van der Waals surface area (Å²) in [7, 11) is 0. The molecule has 0 aliphatic carbocycles. The van der Waals surface area contributed by atoms with Crippen LogP contribution in [0.25, 0.3) is 0 Å². The Bertz CT molecular complexity index is 338. The molecule has 0 aliphatic rings. The van der Waals surface area contributed by atoms with Crippen molar-refractivity contribution in [3.8, 4) is 0 Å². The molecule has 13 heavy (non-hydrogen) atoms. The highest BCUT2D eigenvalue weighted by atomic mass is 35.5. The number of halogens is 4. The Morgan fingerprint density at radius 2 is 2.00 bits per heavy atom. The summed E-state index contributed by atoms with van der Waals surface area (Å²) in [6.07, 6.45) is -2.86. The maximum Gasteiger partial charge on any atom is 0.268 e. The minimum absolute atomic E-state index is 0.164. The highest BCUT2D eigenvalue weighted by Gasteiger charge is 2.19. The third kappa shape index (κ3) is 1.83. The summed E-state index contributed by atoms with van der Waals surface area (Å²) in [5.74, 6) is -1.25. The molecule has 0 fully saturated rings. The van der Waals surface area contributed by atoms with Crippen LogP contribution in [0.4, 0.5) is 13.2 Å². The van der Waals surface area contributed by atoms with E-state index in [4.69, 9.17) is 11.6 Å². The number of benzene rings is 1. The van der Waals surface area contributed by atoms with Crippen LogP contribution >= 0.6 is 11.6 Å². The van der Waals surface area contributed by atoms with Gasteiger partial charge in [-0.05, 0) is 12.1 Å². The lowest BCUT2D eigenvalue weighted by Crippen LogP contribution is -1.97. The van der Waals surface area contributed by atoms with E-state index >= 15 is 0 Å². The largest absolute Gasteiger partial charge is 0.298 e. The SMILES string of the molecule is O=Cc1ccc(Cl)c(C(F)F)c1F. The number of carbonyl (C=O) groups excluding carboxylic acids is 1. The van der Waals surface area contributed by atoms with Crippen molar-refractivity contribution in [2.45, 2.75) is 6.43 Å². The van der Waals surface area contributed by atoms with Gasteiger partial charge >= 0.3 is 0 Å². The second-order valence-electron chi connectivity index (χ2n) is 2.28. The molecule has 0 atom stereocenters. The number of hydrogen-bond donors (Lipinski definition) is 0. The van der Waals surface area contributed by atoms with Gasteiger partial charge in [0.05, 0.1) is 16.1 Å². The van der Waals surface area contributed by atoms with Crippen LogP contribution in [-0.2, 0) is 0 Å². The van der Waals surface area contributed by atoms with Crippen molar-refractivity contribution in [2.24, 2.45) is 0 Å². The topological polar surface area (TPSA) is 17.1 Å². The number of alkyl halides is 2. The fourth-order valence-electron chi connectivity index (χ4n) is 0.877. The van der Waals surface area contributed by atoms with Crippen molar-refractivity contribution in [1.82, 2.24) is 0 Å². The second kappa shape index (κ2) is 3.79. The Hall–Kier alpha value is -1.03. The first kappa shape index (κ1) is 10.1. The summed E-state index contributed by atoms with van der Waals surface area (Å²) in [5, 5.41) is -0.377. The van der Waals surface area contributed by atoms with Crippen LogP contribution in [0.2, 0.25) is 5.02 Å². The Morgan fingerprint density at radius 1 is 1.38 bits per heavy atom. The molecule has 1 aromatic rings. The zero-order valence-electron chi connectivity index (χ0n) is 6.23. The molecule has 0 amide bonds. The number of carbonyl (C=O) groups is 1. The summed E-state index contributed by atoms with van der Waals surface area (Å²) in [6, 6.07) is 2.12. The molecule has 1 nitrogen and oxygen atoms in total. The highest BCUT2D eigenvalue weighted by molar-refractivity contribution is 6.31. The second-order valence-corrected chi connectivity index (χ2v) is 2.69. The van der Waals surface area contributed by atoms with E-state index in [0.717, 1.165) is 12.1 Å². The molecule has 0 saturated heterocycles. The van der Waals surface area contributed by atoms with E-state index in [1.807, 2.05) is 0 Å². The summed E-state index contributed by atoms with van der Waals surface area (Å²) in [4.78, 5) is 10.2. The van der Waals surface area contributed by atoms with Crippen molar-refractivity contribution < 1.29 is 18.0 Å². The van der Waals surface area contributed by atoms with Crippen molar-refractivity contribution in [3.05, 3.63) is 34.1 Å². The van der Waals surface area contributed by atoms with Gasteiger partial charge < -0.3 is 0 Å². The van der Waals surface area contributed by atoms with Gasteiger partial charge in [-0.15, -0.1) is 0 Å². The van der Waals surface area contributed by atoms with Crippen LogP contribution < -0.4 is 0 Å². The van der Waals surface area contributed by atoms with Crippen LogP contribution in [0.15, 0.2) is 12.1 Å². The first-order valence-corrected chi connectivity index (χ1v) is 3.67. The van der Waals surface area contributed by atoms with Gasteiger partial charge in [-0.2, -0.15) is 0 Å². The predicted molar refractivity (Wildman–Crippen MR) is 41.8 cm³/mol. The molecule has 0 bridgehead atoms. The zero-order chi connectivity index (χ0) is 10.0. The monoisotopic (exact) mass is 208 g/mol. The number of rotatable bonds is 2. The van der Waals surface area contributed by atoms with Crippen LogP contribution in [0.5, 0.6) is 0 Å². The summed E-state index contributed by atoms with van der Waals surface area (Å²) < 4.78 is 37.3. The highest BCUT2D eigenvalue weighted by Crippen LogP contribution is 2.30. The molecule has 5 heteroatoms. The quantitative estimate of drug-likeness (QED) is 0.682. The molecule has 0 N–H and O–H groups in total. The lowest BCUT2D eigenvalue weighted by atomic mass is 10.1. The smallest absolute Gasteiger partial charge is 0.268 e. The van der Waals surface area contributed by atoms with Gasteiger partial charge in [-0.3, -0.25) is 4.79 Å². The Morgan fingerprint density at radius 3 is 2.46 bits per heavy atom. The molecule has 0 heterocycles. The van der Waals surface area contributed by atoms with E-state index in [1.165, 1.54) is 0 Å². The van der Waals surface area contributed by atoms with E-state index in [2.05, 4.69) is 0 Å². The molecule has 70 valence electrons. The molecule has 0 spiro atoms. The van der Waals surface area contributed by atoms with E-state index in [9.17, 15) is 18.0 Å². The van der Waals surface area contributed by atoms with Crippen LogP contribution in [0, 0.1) is 5.82 Å². The van der Waals surface area contributed by atoms with Gasteiger partial charge in [-0.25, -0.2) is 13.2 Å². The maximum atomic E-state index is 13.0. The predicted octanol–water partition coefficient (Wildman–Crippen LogP) is 3.23. The first-order chi connectivity index (χ1) is 6.07. The van der Waals surface area contributed by atoms with Crippen LogP contribution in [-0.4, -0.2) is 6.29 Å². The average molecular weight is 209 g/mol. The molecule has 0 unspecified atom stereocenters. The summed E-state index contributed by atoms with van der Waals surface area (Å²) in [6.45, 7) is 0. The number of hydrogen-bond acceptors (Lipinski definition) is 1. The maximum absolute atomic E-state index is 13.0. The Balaban J connectivity index is 3.38. The Kier molecular flexibility index (Phi) is 2.93. The van der Waals surface area contributed by atoms with E-state index in [-0.39, 0.29) is 11.3 Å². The molecular formula is C8H4ClF3O. The first-order valence-electron chi connectivity index (χ1n) is 3.29. The summed E-state index contributed by atoms with van der Waals surface area (Å²) in [5.41, 5.74) is -1.34. The minimum atomic E-state index is -3.02. The fraction of sp³-hybridized carbons (Fsp3) is 0.125. The zero-order valence-corrected chi connectivity index (χ0v) is 6.99.